The second kappa shape index (κ2) is 9.84. The second-order valence-corrected chi connectivity index (χ2v) is 10.9. The van der Waals surface area contributed by atoms with Crippen molar-refractivity contribution in [2.45, 2.75) is 52.7 Å². The number of hydrogen-bond donors (Lipinski definition) is 1. The predicted octanol–water partition coefficient (Wildman–Crippen LogP) is 5.52. The summed E-state index contributed by atoms with van der Waals surface area (Å²) in [5, 5.41) is 2.92. The van der Waals surface area contributed by atoms with Crippen molar-refractivity contribution in [2.24, 2.45) is 11.3 Å². The fourth-order valence-corrected chi connectivity index (χ4v) is 4.71. The van der Waals surface area contributed by atoms with Crippen molar-refractivity contribution in [3.05, 3.63) is 88.9 Å². The van der Waals surface area contributed by atoms with Crippen LogP contribution in [0.25, 0.3) is 0 Å². The summed E-state index contributed by atoms with van der Waals surface area (Å²) in [7, 11) is 0. The molecule has 2 aromatic carbocycles. The van der Waals surface area contributed by atoms with Crippen molar-refractivity contribution in [3.8, 4) is 5.75 Å². The smallest absolute Gasteiger partial charge is 0.287 e. The van der Waals surface area contributed by atoms with E-state index in [0.717, 1.165) is 17.5 Å². The summed E-state index contributed by atoms with van der Waals surface area (Å²) < 4.78 is 11.8. The number of carbonyl (C=O) groups excluding carboxylic acids is 2. The lowest BCUT2D eigenvalue weighted by atomic mass is 9.85. The van der Waals surface area contributed by atoms with Gasteiger partial charge in [0.2, 0.25) is 5.91 Å². The summed E-state index contributed by atoms with van der Waals surface area (Å²) >= 11 is 0. The van der Waals surface area contributed by atoms with Crippen LogP contribution in [0.1, 0.15) is 72.7 Å². The summed E-state index contributed by atoms with van der Waals surface area (Å²) in [5.74, 6) is 2.17. The number of amides is 2. The highest BCUT2D eigenvalue weighted by molar-refractivity contribution is 5.91. The lowest BCUT2D eigenvalue weighted by Crippen LogP contribution is -2.45. The Morgan fingerprint density at radius 1 is 1.06 bits per heavy atom. The van der Waals surface area contributed by atoms with Crippen molar-refractivity contribution in [2.75, 3.05) is 13.1 Å². The molecule has 6 nitrogen and oxygen atoms in total. The number of ether oxygens (including phenoxy) is 1. The third kappa shape index (κ3) is 5.32. The maximum atomic E-state index is 13.4. The number of furan rings is 1. The summed E-state index contributed by atoms with van der Waals surface area (Å²) in [6.45, 7) is 7.51. The molecule has 1 aliphatic heterocycles. The molecule has 0 bridgehead atoms. The van der Waals surface area contributed by atoms with E-state index in [1.807, 2.05) is 56.0 Å². The van der Waals surface area contributed by atoms with Gasteiger partial charge >= 0.3 is 0 Å². The van der Waals surface area contributed by atoms with E-state index in [4.69, 9.17) is 9.15 Å². The zero-order valence-electron chi connectivity index (χ0n) is 21.3. The van der Waals surface area contributed by atoms with Gasteiger partial charge in [-0.3, -0.25) is 9.59 Å². The number of nitrogens with zero attached hydrogens (tertiary/aromatic N) is 1. The fraction of sp³-hybridized carbons (Fsp3) is 0.400. The molecule has 1 aliphatic carbocycles. The van der Waals surface area contributed by atoms with E-state index in [9.17, 15) is 9.59 Å². The number of benzene rings is 2. The van der Waals surface area contributed by atoms with Crippen LogP contribution in [0.3, 0.4) is 0 Å². The van der Waals surface area contributed by atoms with Gasteiger partial charge in [0.05, 0.1) is 6.04 Å². The molecule has 5 rings (SSSR count). The molecular weight excluding hydrogens is 452 g/mol. The molecule has 36 heavy (non-hydrogen) atoms. The Balaban J connectivity index is 1.34. The topological polar surface area (TPSA) is 71.8 Å². The first-order valence-corrected chi connectivity index (χ1v) is 12.8. The molecule has 2 heterocycles. The highest BCUT2D eigenvalue weighted by atomic mass is 16.5. The molecule has 1 saturated carbocycles. The maximum absolute atomic E-state index is 13.4. The average molecular weight is 487 g/mol. The van der Waals surface area contributed by atoms with E-state index >= 15 is 0 Å². The van der Waals surface area contributed by atoms with E-state index in [1.54, 1.807) is 12.1 Å². The summed E-state index contributed by atoms with van der Waals surface area (Å²) in [5.41, 5.74) is 2.92. The van der Waals surface area contributed by atoms with E-state index in [0.29, 0.717) is 36.3 Å². The minimum Gasteiger partial charge on any atom is -0.486 e. The Hall–Kier alpha value is -3.54. The molecule has 0 radical (unpaired) electrons. The van der Waals surface area contributed by atoms with Gasteiger partial charge in [-0.2, -0.15) is 0 Å². The van der Waals surface area contributed by atoms with Gasteiger partial charge in [-0.05, 0) is 66.1 Å². The quantitative estimate of drug-likeness (QED) is 0.477. The van der Waals surface area contributed by atoms with Crippen LogP contribution in [-0.4, -0.2) is 29.8 Å². The third-order valence-electron chi connectivity index (χ3n) is 6.88. The number of hydrogen-bond acceptors (Lipinski definition) is 4. The number of nitrogens with one attached hydrogen (secondary N) is 1. The lowest BCUT2D eigenvalue weighted by molar-refractivity contribution is -0.141. The van der Waals surface area contributed by atoms with Crippen LogP contribution < -0.4 is 10.1 Å². The normalized spacial score (nSPS) is 17.4. The Labute approximate surface area is 212 Å². The third-order valence-corrected chi connectivity index (χ3v) is 6.88. The van der Waals surface area contributed by atoms with Crippen LogP contribution in [-0.2, 0) is 17.8 Å². The van der Waals surface area contributed by atoms with Gasteiger partial charge in [-0.25, -0.2) is 0 Å². The Kier molecular flexibility index (Phi) is 6.61. The van der Waals surface area contributed by atoms with E-state index < -0.39 is 5.41 Å². The Morgan fingerprint density at radius 2 is 1.83 bits per heavy atom. The molecule has 1 fully saturated rings. The molecule has 2 aliphatic rings. The predicted molar refractivity (Wildman–Crippen MR) is 138 cm³/mol. The molecule has 0 saturated heterocycles. The Morgan fingerprint density at radius 3 is 2.56 bits per heavy atom. The van der Waals surface area contributed by atoms with E-state index in [-0.39, 0.29) is 24.5 Å². The van der Waals surface area contributed by atoms with Crippen LogP contribution in [0, 0.1) is 11.3 Å². The van der Waals surface area contributed by atoms with Crippen molar-refractivity contribution in [1.29, 1.82) is 0 Å². The van der Waals surface area contributed by atoms with Crippen molar-refractivity contribution in [3.63, 3.8) is 0 Å². The van der Waals surface area contributed by atoms with E-state index in [2.05, 4.69) is 23.5 Å². The average Bonchev–Trinajstić information content (AvgIpc) is 3.59. The minimum absolute atomic E-state index is 0.136. The summed E-state index contributed by atoms with van der Waals surface area (Å²) in [6.07, 6.45) is 3.18. The first-order chi connectivity index (χ1) is 17.3. The molecule has 0 spiro atoms. The number of rotatable bonds is 7. The molecule has 2 amide bonds. The van der Waals surface area contributed by atoms with Gasteiger partial charge in [0.15, 0.2) is 5.76 Å². The fourth-order valence-electron chi connectivity index (χ4n) is 4.71. The van der Waals surface area contributed by atoms with E-state index in [1.165, 1.54) is 18.4 Å². The molecule has 188 valence electrons. The van der Waals surface area contributed by atoms with Gasteiger partial charge < -0.3 is 19.4 Å². The molecule has 6 heteroatoms. The van der Waals surface area contributed by atoms with Gasteiger partial charge in [-0.1, -0.05) is 57.2 Å². The van der Waals surface area contributed by atoms with Crippen LogP contribution in [0.4, 0.5) is 0 Å². The highest BCUT2D eigenvalue weighted by Crippen LogP contribution is 2.39. The molecular formula is C30H34N2O4. The number of carbonyl (C=O) groups is 2. The van der Waals surface area contributed by atoms with Gasteiger partial charge in [-0.15, -0.1) is 0 Å². The zero-order valence-corrected chi connectivity index (χ0v) is 21.3. The lowest BCUT2D eigenvalue weighted by Gasteiger charge is -2.41. The highest BCUT2D eigenvalue weighted by Gasteiger charge is 2.37. The van der Waals surface area contributed by atoms with Gasteiger partial charge in [0, 0.05) is 18.5 Å². The van der Waals surface area contributed by atoms with Crippen molar-refractivity contribution >= 4 is 11.8 Å². The summed E-state index contributed by atoms with van der Waals surface area (Å²) in [4.78, 5) is 27.7. The van der Waals surface area contributed by atoms with Gasteiger partial charge in [0.25, 0.3) is 5.91 Å². The van der Waals surface area contributed by atoms with Crippen LogP contribution >= 0.6 is 0 Å². The standard InChI is InChI=1S/C30H34N2O4/c1-30(2,3)29(34)32-16-15-21-11-12-23(17-25(21)27(32)22-7-5-4-6-8-22)35-19-24-13-14-26(36-24)28(33)31-18-20-9-10-20/h4-8,11-14,17,20,27H,9-10,15-16,18-19H2,1-3H3,(H,31,33)/t27-/m0/s1. The second-order valence-electron chi connectivity index (χ2n) is 10.9. The zero-order chi connectivity index (χ0) is 25.3. The van der Waals surface area contributed by atoms with Crippen molar-refractivity contribution in [1.82, 2.24) is 10.2 Å². The van der Waals surface area contributed by atoms with Gasteiger partial charge in [0.1, 0.15) is 18.1 Å². The first-order valence-electron chi connectivity index (χ1n) is 12.8. The van der Waals surface area contributed by atoms with Crippen LogP contribution in [0.15, 0.2) is 65.1 Å². The largest absolute Gasteiger partial charge is 0.486 e. The van der Waals surface area contributed by atoms with Crippen LogP contribution in [0.2, 0.25) is 0 Å². The molecule has 0 unspecified atom stereocenters. The molecule has 1 atom stereocenters. The maximum Gasteiger partial charge on any atom is 0.287 e. The number of fused-ring (bicyclic) bond motifs is 1. The molecule has 3 aromatic rings. The summed E-state index contributed by atoms with van der Waals surface area (Å²) in [6, 6.07) is 19.6. The molecule has 1 aromatic heterocycles. The monoisotopic (exact) mass is 486 g/mol. The minimum atomic E-state index is -0.472. The first kappa shape index (κ1) is 24.2. The Bertz CT molecular complexity index is 1240. The van der Waals surface area contributed by atoms with Crippen molar-refractivity contribution < 1.29 is 18.7 Å². The SMILES string of the molecule is CC(C)(C)C(=O)N1CCc2ccc(OCc3ccc(C(=O)NCC4CC4)o3)cc2[C@@H]1c1ccccc1. The van der Waals surface area contributed by atoms with Crippen LogP contribution in [0.5, 0.6) is 5.75 Å². The molecule has 1 N–H and O–H groups in total.